The number of aliphatic hydroxyl groups excluding tert-OH is 1. The van der Waals surface area contributed by atoms with Crippen LogP contribution in [0.25, 0.3) is 0 Å². The van der Waals surface area contributed by atoms with E-state index in [1.807, 2.05) is 12.1 Å². The second-order valence-electron chi connectivity index (χ2n) is 6.05. The molecule has 0 radical (unpaired) electrons. The van der Waals surface area contributed by atoms with Crippen LogP contribution in [-0.2, 0) is 4.79 Å². The van der Waals surface area contributed by atoms with Crippen molar-refractivity contribution in [2.75, 3.05) is 11.9 Å². The highest BCUT2D eigenvalue weighted by molar-refractivity contribution is 6.32. The molecular weight excluding hydrogens is 394 g/mol. The van der Waals surface area contributed by atoms with Crippen molar-refractivity contribution in [1.29, 1.82) is 10.5 Å². The lowest BCUT2D eigenvalue weighted by Gasteiger charge is -2.20. The summed E-state index contributed by atoms with van der Waals surface area (Å²) in [6.45, 7) is 1.43. The van der Waals surface area contributed by atoms with E-state index >= 15 is 0 Å². The molecule has 1 unspecified atom stereocenters. The number of rotatable bonds is 6. The Labute approximate surface area is 172 Å². The molecular formula is C20H18ClN5O3. The van der Waals surface area contributed by atoms with Crippen LogP contribution in [0.5, 0.6) is 0 Å². The molecule has 2 rings (SSSR count). The van der Waals surface area contributed by atoms with Gasteiger partial charge in [0.15, 0.2) is 0 Å². The van der Waals surface area contributed by atoms with Crippen molar-refractivity contribution in [2.45, 2.75) is 19.4 Å². The van der Waals surface area contributed by atoms with Crippen LogP contribution in [-0.4, -0.2) is 29.6 Å². The summed E-state index contributed by atoms with van der Waals surface area (Å²) in [5.74, 6) is -1.12. The number of anilines is 1. The molecule has 2 aromatic carbocycles. The third kappa shape index (κ3) is 5.45. The Hall–Kier alpha value is -3.59. The van der Waals surface area contributed by atoms with Gasteiger partial charge in [0.25, 0.3) is 11.8 Å². The molecule has 9 heteroatoms. The number of carbonyl (C=O) groups excluding carboxylic acids is 2. The lowest BCUT2D eigenvalue weighted by Crippen LogP contribution is -2.49. The Morgan fingerprint density at radius 1 is 1.10 bits per heavy atom. The van der Waals surface area contributed by atoms with Gasteiger partial charge in [-0.1, -0.05) is 11.6 Å². The van der Waals surface area contributed by atoms with E-state index in [0.29, 0.717) is 22.4 Å². The van der Waals surface area contributed by atoms with Gasteiger partial charge in [-0.05, 0) is 55.3 Å². The van der Waals surface area contributed by atoms with Crippen molar-refractivity contribution < 1.29 is 14.7 Å². The number of benzene rings is 2. The first-order chi connectivity index (χ1) is 13.9. The van der Waals surface area contributed by atoms with Gasteiger partial charge in [-0.15, -0.1) is 0 Å². The number of hydrazine groups is 1. The summed E-state index contributed by atoms with van der Waals surface area (Å²) in [5, 5.41) is 30.3. The monoisotopic (exact) mass is 411 g/mol. The number of aliphatic hydroxyl groups is 1. The molecule has 4 N–H and O–H groups in total. The van der Waals surface area contributed by atoms with E-state index in [9.17, 15) is 14.7 Å². The minimum absolute atomic E-state index is 0.0790. The van der Waals surface area contributed by atoms with Gasteiger partial charge < -0.3 is 10.4 Å². The molecule has 1 atom stereocenters. The van der Waals surface area contributed by atoms with Crippen molar-refractivity contribution in [2.24, 2.45) is 0 Å². The number of carbonyl (C=O) groups is 2. The summed E-state index contributed by atoms with van der Waals surface area (Å²) in [7, 11) is 0. The third-order valence-corrected chi connectivity index (χ3v) is 4.63. The summed E-state index contributed by atoms with van der Waals surface area (Å²) in [5.41, 5.74) is 6.71. The summed E-state index contributed by atoms with van der Waals surface area (Å²) in [6.07, 6.45) is 0.0790. The molecule has 0 aliphatic rings. The maximum Gasteiger partial charge on any atom is 0.269 e. The number of hydrogen-bond acceptors (Lipinski definition) is 6. The zero-order valence-corrected chi connectivity index (χ0v) is 16.2. The average Bonchev–Trinajstić information content (AvgIpc) is 2.74. The first-order valence-corrected chi connectivity index (χ1v) is 8.96. The number of nitriles is 2. The Balaban J connectivity index is 2.05. The Morgan fingerprint density at radius 2 is 1.79 bits per heavy atom. The summed E-state index contributed by atoms with van der Waals surface area (Å²) in [6, 6.07) is 12.1. The van der Waals surface area contributed by atoms with Crippen molar-refractivity contribution in [3.8, 4) is 12.1 Å². The largest absolute Gasteiger partial charge is 0.396 e. The highest BCUT2D eigenvalue weighted by atomic mass is 35.5. The maximum absolute atomic E-state index is 12.5. The van der Waals surface area contributed by atoms with Crippen LogP contribution in [0.3, 0.4) is 0 Å². The normalized spacial score (nSPS) is 10.9. The van der Waals surface area contributed by atoms with Gasteiger partial charge in [0.05, 0.1) is 22.2 Å². The molecule has 29 heavy (non-hydrogen) atoms. The smallest absolute Gasteiger partial charge is 0.269 e. The predicted octanol–water partition coefficient (Wildman–Crippen LogP) is 2.02. The van der Waals surface area contributed by atoms with Crippen LogP contribution in [0.2, 0.25) is 5.02 Å². The van der Waals surface area contributed by atoms with Gasteiger partial charge in [-0.2, -0.15) is 10.5 Å². The number of nitrogens with zero attached hydrogens (tertiary/aromatic N) is 2. The topological polar surface area (TPSA) is 138 Å². The van der Waals surface area contributed by atoms with Gasteiger partial charge in [0.2, 0.25) is 0 Å². The average molecular weight is 412 g/mol. The second kappa shape index (κ2) is 10.1. The molecule has 0 fully saturated rings. The minimum Gasteiger partial charge on any atom is -0.396 e. The van der Waals surface area contributed by atoms with Crippen LogP contribution in [0.1, 0.15) is 33.5 Å². The fourth-order valence-corrected chi connectivity index (χ4v) is 2.69. The van der Waals surface area contributed by atoms with Crippen LogP contribution in [0, 0.1) is 29.6 Å². The van der Waals surface area contributed by atoms with E-state index in [1.165, 1.54) is 30.3 Å². The maximum atomic E-state index is 12.5. The molecule has 0 aliphatic carbocycles. The molecule has 0 aromatic heterocycles. The quantitative estimate of drug-likeness (QED) is 0.536. The first-order valence-electron chi connectivity index (χ1n) is 8.58. The zero-order valence-electron chi connectivity index (χ0n) is 15.5. The first kappa shape index (κ1) is 21.7. The minimum atomic E-state index is -0.857. The molecule has 0 aliphatic heterocycles. The molecule has 148 valence electrons. The van der Waals surface area contributed by atoms with Gasteiger partial charge in [0, 0.05) is 17.9 Å². The Kier molecular flexibility index (Phi) is 7.55. The summed E-state index contributed by atoms with van der Waals surface area (Å²) >= 11 is 6.14. The van der Waals surface area contributed by atoms with Gasteiger partial charge in [0.1, 0.15) is 12.1 Å². The third-order valence-electron chi connectivity index (χ3n) is 4.15. The van der Waals surface area contributed by atoms with E-state index in [2.05, 4.69) is 16.2 Å². The van der Waals surface area contributed by atoms with Gasteiger partial charge in [-0.3, -0.25) is 20.4 Å². The van der Waals surface area contributed by atoms with Crippen molar-refractivity contribution in [1.82, 2.24) is 10.9 Å². The standard InChI is InChI=1S/C20H18ClN5O3/c1-12-16(7-6-15(11-23)18(12)21)24-17(8-9-27)20(29)26-25-19(28)14-4-2-13(10-22)3-5-14/h2-7,17,24,27H,8-9H2,1H3,(H,25,28)(H,26,29). The van der Waals surface area contributed by atoms with E-state index in [0.717, 1.165) is 0 Å². The van der Waals surface area contributed by atoms with E-state index < -0.39 is 17.9 Å². The number of nitrogens with one attached hydrogen (secondary N) is 3. The van der Waals surface area contributed by atoms with Gasteiger partial charge in [-0.25, -0.2) is 0 Å². The number of halogens is 1. The van der Waals surface area contributed by atoms with Crippen molar-refractivity contribution in [3.63, 3.8) is 0 Å². The highest BCUT2D eigenvalue weighted by Crippen LogP contribution is 2.27. The molecule has 0 bridgehead atoms. The predicted molar refractivity (Wildman–Crippen MR) is 107 cm³/mol. The Bertz CT molecular complexity index is 993. The molecule has 0 heterocycles. The second-order valence-corrected chi connectivity index (χ2v) is 6.43. The van der Waals surface area contributed by atoms with Crippen LogP contribution < -0.4 is 16.2 Å². The fraction of sp³-hybridized carbons (Fsp3) is 0.200. The van der Waals surface area contributed by atoms with Crippen molar-refractivity contribution in [3.05, 3.63) is 63.7 Å². The highest BCUT2D eigenvalue weighted by Gasteiger charge is 2.20. The Morgan fingerprint density at radius 3 is 2.38 bits per heavy atom. The number of amides is 2. The molecule has 2 amide bonds. The number of hydrogen-bond donors (Lipinski definition) is 4. The van der Waals surface area contributed by atoms with E-state index in [4.69, 9.17) is 22.1 Å². The summed E-state index contributed by atoms with van der Waals surface area (Å²) in [4.78, 5) is 24.6. The molecule has 0 saturated heterocycles. The van der Waals surface area contributed by atoms with Crippen molar-refractivity contribution >= 4 is 29.1 Å². The van der Waals surface area contributed by atoms with Crippen LogP contribution in [0.4, 0.5) is 5.69 Å². The lowest BCUT2D eigenvalue weighted by atomic mass is 10.1. The van der Waals surface area contributed by atoms with Crippen LogP contribution in [0.15, 0.2) is 36.4 Å². The zero-order chi connectivity index (χ0) is 21.4. The molecule has 8 nitrogen and oxygen atoms in total. The van der Waals surface area contributed by atoms with Gasteiger partial charge >= 0.3 is 0 Å². The summed E-state index contributed by atoms with van der Waals surface area (Å²) < 4.78 is 0. The fourth-order valence-electron chi connectivity index (χ4n) is 2.49. The van der Waals surface area contributed by atoms with Crippen LogP contribution >= 0.6 is 11.6 Å². The van der Waals surface area contributed by atoms with E-state index in [1.54, 1.807) is 13.0 Å². The SMILES string of the molecule is Cc1c(NC(CCO)C(=O)NNC(=O)c2ccc(C#N)cc2)ccc(C#N)c1Cl. The molecule has 2 aromatic rings. The van der Waals surface area contributed by atoms with E-state index in [-0.39, 0.29) is 23.6 Å². The lowest BCUT2D eigenvalue weighted by molar-refractivity contribution is -0.122. The molecule has 0 spiro atoms. The molecule has 0 saturated carbocycles.